The molecule has 0 aliphatic heterocycles. The molecule has 166 valence electrons. The van der Waals surface area contributed by atoms with Gasteiger partial charge in [0.2, 0.25) is 0 Å². The molecule has 3 aromatic rings. The van der Waals surface area contributed by atoms with E-state index in [0.717, 1.165) is 29.9 Å². The Morgan fingerprint density at radius 3 is 2.45 bits per heavy atom. The van der Waals surface area contributed by atoms with Crippen molar-refractivity contribution >= 4 is 32.6 Å². The van der Waals surface area contributed by atoms with Crippen LogP contribution in [-0.4, -0.2) is 55.7 Å². The van der Waals surface area contributed by atoms with Gasteiger partial charge in [0.05, 0.1) is 17.3 Å². The highest BCUT2D eigenvalue weighted by atomic mass is 32.1. The van der Waals surface area contributed by atoms with Gasteiger partial charge in [-0.2, -0.15) is 0 Å². The topological polar surface area (TPSA) is 54.9 Å². The number of carbonyl (C=O) groups excluding carboxylic acids is 1. The SMILES string of the molecule is CCN(CC)CCN(C(=O)COc1ccccc1OC)c1nc2cc(C)cc(C)c2s1. The monoisotopic (exact) mass is 441 g/mol. The predicted molar refractivity (Wildman–Crippen MR) is 128 cm³/mol. The molecule has 0 saturated carbocycles. The van der Waals surface area contributed by atoms with Gasteiger partial charge in [0.1, 0.15) is 0 Å². The molecule has 0 spiro atoms. The number of nitrogens with zero attached hydrogens (tertiary/aromatic N) is 3. The van der Waals surface area contributed by atoms with Crippen molar-refractivity contribution in [1.82, 2.24) is 9.88 Å². The van der Waals surface area contributed by atoms with Crippen LogP contribution >= 0.6 is 11.3 Å². The lowest BCUT2D eigenvalue weighted by molar-refractivity contribution is -0.120. The largest absolute Gasteiger partial charge is 0.493 e. The van der Waals surface area contributed by atoms with E-state index in [9.17, 15) is 4.79 Å². The van der Waals surface area contributed by atoms with Crippen LogP contribution in [0.15, 0.2) is 36.4 Å². The number of amides is 1. The van der Waals surface area contributed by atoms with Gasteiger partial charge >= 0.3 is 0 Å². The summed E-state index contributed by atoms with van der Waals surface area (Å²) in [6.07, 6.45) is 0. The zero-order valence-corrected chi connectivity index (χ0v) is 19.8. The van der Waals surface area contributed by atoms with Crippen LogP contribution in [0, 0.1) is 13.8 Å². The van der Waals surface area contributed by atoms with E-state index in [0.29, 0.717) is 23.2 Å². The van der Waals surface area contributed by atoms with Gasteiger partial charge in [0.25, 0.3) is 5.91 Å². The van der Waals surface area contributed by atoms with E-state index in [2.05, 4.69) is 44.7 Å². The number of benzene rings is 2. The molecule has 2 aromatic carbocycles. The zero-order valence-electron chi connectivity index (χ0n) is 19.0. The number of methoxy groups -OCH3 is 1. The highest BCUT2D eigenvalue weighted by Gasteiger charge is 2.22. The van der Waals surface area contributed by atoms with Crippen molar-refractivity contribution in [3.8, 4) is 11.5 Å². The first kappa shape index (κ1) is 23.0. The zero-order chi connectivity index (χ0) is 22.4. The number of aromatic nitrogens is 1. The van der Waals surface area contributed by atoms with Crippen LogP contribution in [0.4, 0.5) is 5.13 Å². The second kappa shape index (κ2) is 10.6. The van der Waals surface area contributed by atoms with Crippen molar-refractivity contribution in [3.05, 3.63) is 47.5 Å². The molecule has 0 unspecified atom stereocenters. The molecule has 0 saturated heterocycles. The fourth-order valence-electron chi connectivity index (χ4n) is 3.54. The lowest BCUT2D eigenvalue weighted by Gasteiger charge is -2.24. The first-order valence-electron chi connectivity index (χ1n) is 10.6. The average molecular weight is 442 g/mol. The predicted octanol–water partition coefficient (Wildman–Crippen LogP) is 4.68. The summed E-state index contributed by atoms with van der Waals surface area (Å²) in [6.45, 7) is 11.6. The van der Waals surface area contributed by atoms with Gasteiger partial charge in [-0.05, 0) is 56.3 Å². The Bertz CT molecular complexity index is 1030. The maximum atomic E-state index is 13.2. The van der Waals surface area contributed by atoms with Gasteiger partial charge in [-0.15, -0.1) is 0 Å². The van der Waals surface area contributed by atoms with Crippen molar-refractivity contribution in [3.63, 3.8) is 0 Å². The fourth-order valence-corrected chi connectivity index (χ4v) is 4.60. The molecule has 3 rings (SSSR count). The summed E-state index contributed by atoms with van der Waals surface area (Å²) < 4.78 is 12.3. The quantitative estimate of drug-likeness (QED) is 0.457. The van der Waals surface area contributed by atoms with Crippen LogP contribution in [0.5, 0.6) is 11.5 Å². The van der Waals surface area contributed by atoms with Crippen LogP contribution in [0.3, 0.4) is 0 Å². The number of likely N-dealkylation sites (N-methyl/N-ethyl adjacent to an activating group) is 1. The number of para-hydroxylation sites is 2. The average Bonchev–Trinajstić information content (AvgIpc) is 3.19. The smallest absolute Gasteiger partial charge is 0.266 e. The van der Waals surface area contributed by atoms with E-state index < -0.39 is 0 Å². The van der Waals surface area contributed by atoms with E-state index in [1.807, 2.05) is 18.2 Å². The standard InChI is InChI=1S/C24H31N3O3S/c1-6-26(7-2)12-13-27(22(28)16-30-21-11-9-8-10-20(21)29-5)24-25-19-15-17(3)14-18(4)23(19)31-24/h8-11,14-15H,6-7,12-13,16H2,1-5H3. The summed E-state index contributed by atoms with van der Waals surface area (Å²) in [4.78, 5) is 22.1. The van der Waals surface area contributed by atoms with Crippen LogP contribution in [-0.2, 0) is 4.79 Å². The van der Waals surface area contributed by atoms with Crippen molar-refractivity contribution in [2.75, 3.05) is 44.8 Å². The maximum Gasteiger partial charge on any atom is 0.266 e. The van der Waals surface area contributed by atoms with Gasteiger partial charge in [-0.3, -0.25) is 9.69 Å². The minimum atomic E-state index is -0.119. The molecule has 0 N–H and O–H groups in total. The van der Waals surface area contributed by atoms with Gasteiger partial charge in [0.15, 0.2) is 23.2 Å². The van der Waals surface area contributed by atoms with Gasteiger partial charge in [0, 0.05) is 13.1 Å². The number of rotatable bonds is 10. The number of anilines is 1. The molecule has 6 nitrogen and oxygen atoms in total. The van der Waals surface area contributed by atoms with Crippen molar-refractivity contribution in [1.29, 1.82) is 0 Å². The van der Waals surface area contributed by atoms with Gasteiger partial charge < -0.3 is 14.4 Å². The summed E-state index contributed by atoms with van der Waals surface area (Å²) in [5.74, 6) is 1.04. The Labute approximate surface area is 188 Å². The number of fused-ring (bicyclic) bond motifs is 1. The van der Waals surface area contributed by atoms with E-state index in [1.165, 1.54) is 11.1 Å². The molecule has 0 aliphatic rings. The Morgan fingerprint density at radius 1 is 1.06 bits per heavy atom. The van der Waals surface area contributed by atoms with Gasteiger partial charge in [-0.1, -0.05) is 43.4 Å². The number of thiazole rings is 1. The number of aryl methyl sites for hydroxylation is 2. The molecule has 0 bridgehead atoms. The molecule has 0 aliphatic carbocycles. The third-order valence-corrected chi connectivity index (χ3v) is 6.52. The molecule has 1 amide bonds. The molecule has 1 heterocycles. The lowest BCUT2D eigenvalue weighted by Crippen LogP contribution is -2.41. The maximum absolute atomic E-state index is 13.2. The Kier molecular flexibility index (Phi) is 7.87. The van der Waals surface area contributed by atoms with Crippen molar-refractivity contribution < 1.29 is 14.3 Å². The van der Waals surface area contributed by atoms with Gasteiger partial charge in [-0.25, -0.2) is 4.98 Å². The normalized spacial score (nSPS) is 11.2. The first-order valence-corrected chi connectivity index (χ1v) is 11.4. The number of hydrogen-bond acceptors (Lipinski definition) is 6. The molecular formula is C24H31N3O3S. The third kappa shape index (κ3) is 5.54. The summed E-state index contributed by atoms with van der Waals surface area (Å²) >= 11 is 1.56. The minimum Gasteiger partial charge on any atom is -0.493 e. The highest BCUT2D eigenvalue weighted by molar-refractivity contribution is 7.22. The summed E-state index contributed by atoms with van der Waals surface area (Å²) in [6, 6.07) is 11.6. The Hall–Kier alpha value is -2.64. The Morgan fingerprint density at radius 2 is 1.77 bits per heavy atom. The number of carbonyl (C=O) groups is 1. The second-order valence-corrected chi connectivity index (χ2v) is 8.42. The Balaban J connectivity index is 1.85. The van der Waals surface area contributed by atoms with E-state index in [-0.39, 0.29) is 12.5 Å². The second-order valence-electron chi connectivity index (χ2n) is 7.44. The molecule has 7 heteroatoms. The molecule has 0 radical (unpaired) electrons. The van der Waals surface area contributed by atoms with Crippen LogP contribution in [0.25, 0.3) is 10.2 Å². The summed E-state index contributed by atoms with van der Waals surface area (Å²) in [5, 5.41) is 0.712. The minimum absolute atomic E-state index is 0.0768. The summed E-state index contributed by atoms with van der Waals surface area (Å²) in [7, 11) is 1.59. The van der Waals surface area contributed by atoms with Crippen molar-refractivity contribution in [2.45, 2.75) is 27.7 Å². The van der Waals surface area contributed by atoms with Crippen LogP contribution in [0.2, 0.25) is 0 Å². The van der Waals surface area contributed by atoms with Crippen molar-refractivity contribution in [2.24, 2.45) is 0 Å². The molecule has 0 atom stereocenters. The number of ether oxygens (including phenoxy) is 2. The first-order chi connectivity index (χ1) is 15.0. The highest BCUT2D eigenvalue weighted by Crippen LogP contribution is 2.32. The van der Waals surface area contributed by atoms with E-state index >= 15 is 0 Å². The van der Waals surface area contributed by atoms with E-state index in [4.69, 9.17) is 14.5 Å². The number of hydrogen-bond donors (Lipinski definition) is 0. The molecule has 0 fully saturated rings. The molecular weight excluding hydrogens is 410 g/mol. The third-order valence-electron chi connectivity index (χ3n) is 5.30. The fraction of sp³-hybridized carbons (Fsp3) is 0.417. The molecule has 31 heavy (non-hydrogen) atoms. The summed E-state index contributed by atoms with van der Waals surface area (Å²) in [5.41, 5.74) is 3.28. The van der Waals surface area contributed by atoms with Crippen LogP contribution in [0.1, 0.15) is 25.0 Å². The molecule has 1 aromatic heterocycles. The van der Waals surface area contributed by atoms with Crippen LogP contribution < -0.4 is 14.4 Å². The lowest BCUT2D eigenvalue weighted by atomic mass is 10.1. The van der Waals surface area contributed by atoms with E-state index in [1.54, 1.807) is 29.4 Å².